The minimum Gasteiger partial charge on any atom is -0.444 e. The van der Waals surface area contributed by atoms with E-state index >= 15 is 0 Å². The van der Waals surface area contributed by atoms with Crippen molar-refractivity contribution in [2.75, 3.05) is 6.54 Å². The van der Waals surface area contributed by atoms with E-state index in [9.17, 15) is 14.7 Å². The first-order valence-electron chi connectivity index (χ1n) is 4.98. The van der Waals surface area contributed by atoms with Gasteiger partial charge in [-0.3, -0.25) is 4.90 Å². The first kappa shape index (κ1) is 12.0. The van der Waals surface area contributed by atoms with E-state index in [0.29, 0.717) is 19.3 Å². The van der Waals surface area contributed by atoms with Gasteiger partial charge in [-0.15, -0.1) is 0 Å². The Labute approximate surface area is 89.0 Å². The number of likely N-dealkylation sites (tertiary alicyclic amines) is 1. The van der Waals surface area contributed by atoms with Crippen LogP contribution in [0.5, 0.6) is 0 Å². The van der Waals surface area contributed by atoms with E-state index in [0.717, 1.165) is 0 Å². The maximum atomic E-state index is 11.6. The number of aliphatic hydroxyl groups excluding tert-OH is 1. The van der Waals surface area contributed by atoms with Crippen LogP contribution in [0, 0.1) is 0 Å². The molecule has 1 heterocycles. The lowest BCUT2D eigenvalue weighted by molar-refractivity contribution is -0.113. The number of aliphatic hydroxyl groups is 1. The number of carbonyl (C=O) groups is 2. The molecule has 0 aromatic carbocycles. The van der Waals surface area contributed by atoms with E-state index in [-0.39, 0.29) is 0 Å². The molecular weight excluding hydrogens is 198 g/mol. The number of rotatable bonds is 1. The Morgan fingerprint density at radius 3 is 2.60 bits per heavy atom. The summed E-state index contributed by atoms with van der Waals surface area (Å²) in [6, 6.07) is -0.764. The Balaban J connectivity index is 2.64. The highest BCUT2D eigenvalue weighted by molar-refractivity contribution is 5.75. The van der Waals surface area contributed by atoms with E-state index in [1.54, 1.807) is 20.8 Å². The second-order valence-electron chi connectivity index (χ2n) is 4.66. The molecule has 5 nitrogen and oxygen atoms in total. The molecule has 0 aromatic rings. The van der Waals surface area contributed by atoms with Gasteiger partial charge in [-0.05, 0) is 27.2 Å². The molecule has 0 spiro atoms. The van der Waals surface area contributed by atoms with Crippen molar-refractivity contribution in [3.63, 3.8) is 0 Å². The van der Waals surface area contributed by atoms with Gasteiger partial charge in [0, 0.05) is 6.54 Å². The molecule has 0 aromatic heterocycles. The standard InChI is InChI=1S/C10H17NO4/c1-10(2,3)15-9(14)11-5-4-8(13)7(11)6-12/h6-8,13H,4-5H2,1-3H3/t7?,8-/m0/s1. The summed E-state index contributed by atoms with van der Waals surface area (Å²) >= 11 is 0. The molecule has 0 aliphatic carbocycles. The fourth-order valence-electron chi connectivity index (χ4n) is 1.50. The van der Waals surface area contributed by atoms with Crippen molar-refractivity contribution in [1.29, 1.82) is 0 Å². The van der Waals surface area contributed by atoms with Crippen molar-refractivity contribution in [2.45, 2.75) is 44.9 Å². The Morgan fingerprint density at radius 2 is 2.13 bits per heavy atom. The number of ether oxygens (including phenoxy) is 1. The molecule has 1 fully saturated rings. The molecule has 5 heteroatoms. The normalized spacial score (nSPS) is 26.5. The van der Waals surface area contributed by atoms with Gasteiger partial charge in [-0.1, -0.05) is 0 Å². The molecular formula is C10H17NO4. The number of amides is 1. The summed E-state index contributed by atoms with van der Waals surface area (Å²) in [6.45, 7) is 5.63. The Kier molecular flexibility index (Phi) is 3.34. The number of carbonyl (C=O) groups excluding carboxylic acids is 2. The SMILES string of the molecule is CC(C)(C)OC(=O)N1CC[C@H](O)C1C=O. The average Bonchev–Trinajstić information content (AvgIpc) is 2.43. The molecule has 0 saturated carbocycles. The summed E-state index contributed by atoms with van der Waals surface area (Å²) in [7, 11) is 0. The van der Waals surface area contributed by atoms with E-state index < -0.39 is 23.8 Å². The maximum Gasteiger partial charge on any atom is 0.410 e. The van der Waals surface area contributed by atoms with E-state index in [1.165, 1.54) is 4.90 Å². The molecule has 0 bridgehead atoms. The molecule has 1 aliphatic rings. The Hall–Kier alpha value is -1.10. The summed E-state index contributed by atoms with van der Waals surface area (Å²) in [4.78, 5) is 23.6. The first-order chi connectivity index (χ1) is 6.85. The van der Waals surface area contributed by atoms with Crippen molar-refractivity contribution in [3.05, 3.63) is 0 Å². The van der Waals surface area contributed by atoms with Crippen LogP contribution in [0.1, 0.15) is 27.2 Å². The zero-order valence-electron chi connectivity index (χ0n) is 9.27. The molecule has 1 unspecified atom stereocenters. The molecule has 2 atom stereocenters. The summed E-state index contributed by atoms with van der Waals surface area (Å²) in [6.07, 6.45) is -0.310. The van der Waals surface area contributed by atoms with Gasteiger partial charge in [-0.2, -0.15) is 0 Å². The predicted molar refractivity (Wildman–Crippen MR) is 53.4 cm³/mol. The topological polar surface area (TPSA) is 66.8 Å². The summed E-state index contributed by atoms with van der Waals surface area (Å²) < 4.78 is 5.12. The summed E-state index contributed by atoms with van der Waals surface area (Å²) in [5, 5.41) is 9.43. The highest BCUT2D eigenvalue weighted by Gasteiger charge is 2.37. The van der Waals surface area contributed by atoms with E-state index in [1.807, 2.05) is 0 Å². The van der Waals surface area contributed by atoms with Crippen molar-refractivity contribution in [1.82, 2.24) is 4.90 Å². The van der Waals surface area contributed by atoms with Crippen LogP contribution < -0.4 is 0 Å². The van der Waals surface area contributed by atoms with Gasteiger partial charge < -0.3 is 14.6 Å². The van der Waals surface area contributed by atoms with Gasteiger partial charge in [-0.25, -0.2) is 4.79 Å². The van der Waals surface area contributed by atoms with Crippen LogP contribution in [0.3, 0.4) is 0 Å². The Morgan fingerprint density at radius 1 is 1.53 bits per heavy atom. The highest BCUT2D eigenvalue weighted by Crippen LogP contribution is 2.19. The van der Waals surface area contributed by atoms with Crippen LogP contribution in [0.25, 0.3) is 0 Å². The van der Waals surface area contributed by atoms with Crippen molar-refractivity contribution in [2.24, 2.45) is 0 Å². The lowest BCUT2D eigenvalue weighted by atomic mass is 10.2. The third-order valence-corrected chi connectivity index (χ3v) is 2.19. The molecule has 1 aliphatic heterocycles. The molecule has 1 amide bonds. The lowest BCUT2D eigenvalue weighted by Crippen LogP contribution is -2.43. The number of hydrogen-bond donors (Lipinski definition) is 1. The van der Waals surface area contributed by atoms with Crippen LogP contribution in [0.2, 0.25) is 0 Å². The van der Waals surface area contributed by atoms with Gasteiger partial charge in [0.05, 0.1) is 6.10 Å². The molecule has 86 valence electrons. The van der Waals surface area contributed by atoms with Crippen LogP contribution in [0.15, 0.2) is 0 Å². The Bertz CT molecular complexity index is 259. The van der Waals surface area contributed by atoms with Crippen LogP contribution in [-0.2, 0) is 9.53 Å². The van der Waals surface area contributed by atoms with E-state index in [2.05, 4.69) is 0 Å². The monoisotopic (exact) mass is 215 g/mol. The van der Waals surface area contributed by atoms with Gasteiger partial charge in [0.25, 0.3) is 0 Å². The quantitative estimate of drug-likeness (QED) is 0.649. The van der Waals surface area contributed by atoms with Gasteiger partial charge >= 0.3 is 6.09 Å². The predicted octanol–water partition coefficient (Wildman–Crippen LogP) is 0.556. The minimum atomic E-state index is -0.769. The second kappa shape index (κ2) is 4.18. The number of hydrogen-bond acceptors (Lipinski definition) is 4. The fourth-order valence-corrected chi connectivity index (χ4v) is 1.50. The second-order valence-corrected chi connectivity index (χ2v) is 4.66. The number of aldehydes is 1. The van der Waals surface area contributed by atoms with Gasteiger partial charge in [0.1, 0.15) is 17.9 Å². The van der Waals surface area contributed by atoms with Crippen LogP contribution in [-0.4, -0.2) is 46.7 Å². The van der Waals surface area contributed by atoms with Crippen molar-refractivity contribution < 1.29 is 19.4 Å². The highest BCUT2D eigenvalue weighted by atomic mass is 16.6. The first-order valence-corrected chi connectivity index (χ1v) is 4.98. The number of nitrogens with zero attached hydrogens (tertiary/aromatic N) is 1. The van der Waals surface area contributed by atoms with Crippen LogP contribution >= 0.6 is 0 Å². The average molecular weight is 215 g/mol. The van der Waals surface area contributed by atoms with Crippen molar-refractivity contribution >= 4 is 12.4 Å². The third kappa shape index (κ3) is 2.92. The van der Waals surface area contributed by atoms with Crippen LogP contribution in [0.4, 0.5) is 4.79 Å². The molecule has 1 rings (SSSR count). The fraction of sp³-hybridized carbons (Fsp3) is 0.800. The zero-order chi connectivity index (χ0) is 11.6. The third-order valence-electron chi connectivity index (χ3n) is 2.19. The maximum absolute atomic E-state index is 11.6. The van der Waals surface area contributed by atoms with Gasteiger partial charge in [0.15, 0.2) is 0 Å². The lowest BCUT2D eigenvalue weighted by Gasteiger charge is -2.26. The minimum absolute atomic E-state index is 0.361. The molecule has 0 radical (unpaired) electrons. The van der Waals surface area contributed by atoms with Gasteiger partial charge in [0.2, 0.25) is 0 Å². The smallest absolute Gasteiger partial charge is 0.410 e. The molecule has 1 N–H and O–H groups in total. The summed E-state index contributed by atoms with van der Waals surface area (Å²) in [5.41, 5.74) is -0.585. The largest absolute Gasteiger partial charge is 0.444 e. The molecule has 1 saturated heterocycles. The van der Waals surface area contributed by atoms with E-state index in [4.69, 9.17) is 4.74 Å². The molecule has 15 heavy (non-hydrogen) atoms. The van der Waals surface area contributed by atoms with Crippen molar-refractivity contribution in [3.8, 4) is 0 Å². The zero-order valence-corrected chi connectivity index (χ0v) is 9.27. The summed E-state index contributed by atoms with van der Waals surface area (Å²) in [5.74, 6) is 0.